The van der Waals surface area contributed by atoms with Gasteiger partial charge < -0.3 is 14.3 Å². The van der Waals surface area contributed by atoms with E-state index in [2.05, 4.69) is 15.0 Å². The average Bonchev–Trinajstić information content (AvgIpc) is 3.33. The van der Waals surface area contributed by atoms with E-state index in [9.17, 15) is 9.59 Å². The fraction of sp³-hybridized carbons (Fsp3) is 0.375. The number of fused-ring (bicyclic) bond motifs is 2. The maximum atomic E-state index is 13.0. The Morgan fingerprint density at radius 1 is 1.13 bits per heavy atom. The second-order valence-corrected chi connectivity index (χ2v) is 8.27. The molecule has 2 aromatic carbocycles. The Hall–Kier alpha value is -3.19. The molecule has 2 aliphatic rings. The van der Waals surface area contributed by atoms with Gasteiger partial charge in [0.05, 0.1) is 17.8 Å². The summed E-state index contributed by atoms with van der Waals surface area (Å²) in [6.07, 6.45) is 0. The summed E-state index contributed by atoms with van der Waals surface area (Å²) >= 11 is 0. The van der Waals surface area contributed by atoms with Crippen molar-refractivity contribution < 1.29 is 14.1 Å². The third-order valence-electron chi connectivity index (χ3n) is 6.46. The summed E-state index contributed by atoms with van der Waals surface area (Å²) in [6, 6.07) is 13.6. The van der Waals surface area contributed by atoms with Gasteiger partial charge in [-0.3, -0.25) is 14.5 Å². The topological polar surface area (TPSA) is 69.9 Å². The van der Waals surface area contributed by atoms with Crippen molar-refractivity contribution >= 4 is 34.2 Å². The highest BCUT2D eigenvalue weighted by molar-refractivity contribution is 6.06. The number of amides is 1. The van der Waals surface area contributed by atoms with Crippen molar-refractivity contribution in [2.45, 2.75) is 19.8 Å². The fourth-order valence-electron chi connectivity index (χ4n) is 4.65. The minimum absolute atomic E-state index is 0.0951. The lowest BCUT2D eigenvalue weighted by atomic mass is 9.98. The van der Waals surface area contributed by atoms with Crippen molar-refractivity contribution in [3.8, 4) is 0 Å². The van der Waals surface area contributed by atoms with Crippen LogP contribution in [0.15, 0.2) is 47.0 Å². The van der Waals surface area contributed by atoms with E-state index < -0.39 is 0 Å². The standard InChI is InChI=1S/C24H26N4O3/c1-3-28-20-9-8-17(14-19(20)16(2)24(28)30)21(29)15-26-10-12-27(13-11-26)23-18-6-4-5-7-22(18)31-25-23/h4-9,14,16H,3,10-13,15H2,1-2H3. The number of para-hydroxylation sites is 1. The van der Waals surface area contributed by atoms with Crippen LogP contribution in [0.1, 0.15) is 35.7 Å². The van der Waals surface area contributed by atoms with Gasteiger partial charge in [-0.25, -0.2) is 0 Å². The Morgan fingerprint density at radius 2 is 1.90 bits per heavy atom. The first kappa shape index (κ1) is 19.8. The third-order valence-corrected chi connectivity index (χ3v) is 6.46. The first-order valence-corrected chi connectivity index (χ1v) is 10.9. The molecule has 0 radical (unpaired) electrons. The largest absolute Gasteiger partial charge is 0.354 e. The molecule has 31 heavy (non-hydrogen) atoms. The number of anilines is 2. The van der Waals surface area contributed by atoms with Gasteiger partial charge in [-0.2, -0.15) is 0 Å². The van der Waals surface area contributed by atoms with Crippen molar-refractivity contribution in [3.05, 3.63) is 53.6 Å². The maximum Gasteiger partial charge on any atom is 0.234 e. The third kappa shape index (κ3) is 3.39. The lowest BCUT2D eigenvalue weighted by Crippen LogP contribution is -2.48. The van der Waals surface area contributed by atoms with Crippen LogP contribution in [-0.2, 0) is 4.79 Å². The summed E-state index contributed by atoms with van der Waals surface area (Å²) in [5.41, 5.74) is 3.37. The number of ketones is 1. The van der Waals surface area contributed by atoms with Crippen LogP contribution < -0.4 is 9.80 Å². The number of rotatable bonds is 5. The summed E-state index contributed by atoms with van der Waals surface area (Å²) in [5.74, 6) is 0.888. The molecule has 160 valence electrons. The van der Waals surface area contributed by atoms with Crippen LogP contribution in [0.3, 0.4) is 0 Å². The van der Waals surface area contributed by atoms with Gasteiger partial charge in [0.25, 0.3) is 0 Å². The van der Waals surface area contributed by atoms with E-state index in [0.29, 0.717) is 18.7 Å². The van der Waals surface area contributed by atoms with E-state index in [1.54, 1.807) is 4.90 Å². The lowest BCUT2D eigenvalue weighted by molar-refractivity contribution is -0.118. The first-order valence-electron chi connectivity index (χ1n) is 10.9. The van der Waals surface area contributed by atoms with E-state index in [4.69, 9.17) is 4.52 Å². The Bertz CT molecular complexity index is 1150. The number of benzene rings is 2. The van der Waals surface area contributed by atoms with Crippen molar-refractivity contribution in [2.24, 2.45) is 0 Å². The Morgan fingerprint density at radius 3 is 2.68 bits per heavy atom. The number of nitrogens with zero attached hydrogens (tertiary/aromatic N) is 4. The normalized spacial score (nSPS) is 19.3. The quantitative estimate of drug-likeness (QED) is 0.592. The highest BCUT2D eigenvalue weighted by Gasteiger charge is 2.33. The van der Waals surface area contributed by atoms with Crippen LogP contribution in [0.4, 0.5) is 11.5 Å². The summed E-state index contributed by atoms with van der Waals surface area (Å²) < 4.78 is 5.43. The van der Waals surface area contributed by atoms with Crippen molar-refractivity contribution in [1.29, 1.82) is 0 Å². The van der Waals surface area contributed by atoms with Gasteiger partial charge in [0.2, 0.25) is 5.91 Å². The smallest absolute Gasteiger partial charge is 0.234 e. The monoisotopic (exact) mass is 418 g/mol. The van der Waals surface area contributed by atoms with Crippen LogP contribution in [0, 0.1) is 0 Å². The second kappa shape index (κ2) is 7.81. The molecule has 3 heterocycles. The van der Waals surface area contributed by atoms with E-state index in [1.807, 2.05) is 56.3 Å². The number of piperazine rings is 1. The predicted molar refractivity (Wildman–Crippen MR) is 120 cm³/mol. The average molecular weight is 418 g/mol. The van der Waals surface area contributed by atoms with Crippen LogP contribution in [0.25, 0.3) is 11.0 Å². The molecule has 1 unspecified atom stereocenters. The zero-order valence-corrected chi connectivity index (χ0v) is 17.9. The zero-order chi connectivity index (χ0) is 21.5. The number of aromatic nitrogens is 1. The summed E-state index contributed by atoms with van der Waals surface area (Å²) in [7, 11) is 0. The molecule has 0 spiro atoms. The van der Waals surface area contributed by atoms with Crippen LogP contribution in [0.2, 0.25) is 0 Å². The fourth-order valence-corrected chi connectivity index (χ4v) is 4.65. The molecule has 5 rings (SSSR count). The molecule has 0 aliphatic carbocycles. The number of carbonyl (C=O) groups excluding carboxylic acids is 2. The van der Waals surface area contributed by atoms with Crippen LogP contribution >= 0.6 is 0 Å². The predicted octanol–water partition coefficient (Wildman–Crippen LogP) is 3.30. The van der Waals surface area contributed by atoms with Crippen molar-refractivity contribution in [1.82, 2.24) is 10.1 Å². The molecule has 1 atom stereocenters. The highest BCUT2D eigenvalue weighted by atomic mass is 16.5. The van der Waals surface area contributed by atoms with Gasteiger partial charge in [0.1, 0.15) is 0 Å². The molecule has 7 nitrogen and oxygen atoms in total. The molecule has 7 heteroatoms. The van der Waals surface area contributed by atoms with Crippen LogP contribution in [0.5, 0.6) is 0 Å². The van der Waals surface area contributed by atoms with E-state index in [-0.39, 0.29) is 17.6 Å². The van der Waals surface area contributed by atoms with Gasteiger partial charge in [0.15, 0.2) is 17.2 Å². The molecular formula is C24H26N4O3. The highest BCUT2D eigenvalue weighted by Crippen LogP contribution is 2.37. The van der Waals surface area contributed by atoms with Crippen molar-refractivity contribution in [3.63, 3.8) is 0 Å². The molecule has 1 saturated heterocycles. The molecule has 0 saturated carbocycles. The lowest BCUT2D eigenvalue weighted by Gasteiger charge is -2.34. The van der Waals surface area contributed by atoms with Gasteiger partial charge in [-0.15, -0.1) is 0 Å². The second-order valence-electron chi connectivity index (χ2n) is 8.27. The van der Waals surface area contributed by atoms with E-state index in [1.165, 1.54) is 0 Å². The van der Waals surface area contributed by atoms with E-state index in [0.717, 1.165) is 54.2 Å². The Balaban J connectivity index is 1.24. The summed E-state index contributed by atoms with van der Waals surface area (Å²) in [4.78, 5) is 31.6. The summed E-state index contributed by atoms with van der Waals surface area (Å²) in [5, 5.41) is 5.27. The Labute approximate surface area is 181 Å². The van der Waals surface area contributed by atoms with Crippen molar-refractivity contribution in [2.75, 3.05) is 49.1 Å². The first-order chi connectivity index (χ1) is 15.1. The minimum atomic E-state index is -0.191. The molecule has 1 amide bonds. The number of hydrogen-bond acceptors (Lipinski definition) is 6. The molecule has 2 aliphatic heterocycles. The SMILES string of the molecule is CCN1C(=O)C(C)c2cc(C(=O)CN3CCN(c4noc5ccccc45)CC3)ccc21. The summed E-state index contributed by atoms with van der Waals surface area (Å²) in [6.45, 7) is 8.08. The molecular weight excluding hydrogens is 392 g/mol. The van der Waals surface area contributed by atoms with E-state index >= 15 is 0 Å². The molecule has 3 aromatic rings. The Kier molecular flexibility index (Phi) is 4.98. The van der Waals surface area contributed by atoms with Gasteiger partial charge >= 0.3 is 0 Å². The van der Waals surface area contributed by atoms with Gasteiger partial charge in [-0.1, -0.05) is 17.3 Å². The van der Waals surface area contributed by atoms with Gasteiger partial charge in [0, 0.05) is 44.0 Å². The van der Waals surface area contributed by atoms with Gasteiger partial charge in [-0.05, 0) is 49.7 Å². The number of hydrogen-bond donors (Lipinski definition) is 0. The molecule has 0 N–H and O–H groups in total. The number of carbonyl (C=O) groups is 2. The molecule has 0 bridgehead atoms. The maximum absolute atomic E-state index is 13.0. The molecule has 1 aromatic heterocycles. The minimum Gasteiger partial charge on any atom is -0.354 e. The zero-order valence-electron chi connectivity index (χ0n) is 17.9. The van der Waals surface area contributed by atoms with Crippen LogP contribution in [-0.4, -0.2) is 61.0 Å². The molecule has 1 fully saturated rings. The number of Topliss-reactive ketones (excluding diaryl/α,β-unsaturated/α-hetero) is 1. The number of likely N-dealkylation sites (N-methyl/N-ethyl adjacent to an activating group) is 1.